The molecule has 60 valence electrons. The summed E-state index contributed by atoms with van der Waals surface area (Å²) in [5, 5.41) is 1.89. The minimum atomic E-state index is 0.763. The van der Waals surface area contributed by atoms with Gasteiger partial charge in [0.05, 0.1) is 5.52 Å². The number of halogens is 1. The number of hydrogen-bond acceptors (Lipinski definition) is 1. The lowest BCUT2D eigenvalue weighted by atomic mass is 10.1. The fourth-order valence-corrected chi connectivity index (χ4v) is 1.43. The molecule has 0 unspecified atom stereocenters. The molecule has 1 aromatic carbocycles. The molecule has 0 aliphatic heterocycles. The van der Waals surface area contributed by atoms with Crippen LogP contribution in [0.1, 0.15) is 5.56 Å². The maximum absolute atomic E-state index is 5.86. The van der Waals surface area contributed by atoms with Gasteiger partial charge in [-0.05, 0) is 36.8 Å². The first-order chi connectivity index (χ1) is 5.77. The molecule has 2 aromatic rings. The summed E-state index contributed by atoms with van der Waals surface area (Å²) < 4.78 is 0. The SMILES string of the molecule is Cc1ccnc2ccc(Cl)cc12. The molecule has 0 radical (unpaired) electrons. The molecule has 2 heteroatoms. The van der Waals surface area contributed by atoms with Crippen LogP contribution in [0.5, 0.6) is 0 Å². The third-order valence-electron chi connectivity index (χ3n) is 1.92. The first-order valence-electron chi connectivity index (χ1n) is 3.78. The van der Waals surface area contributed by atoms with Crippen LogP contribution in [-0.2, 0) is 0 Å². The van der Waals surface area contributed by atoms with E-state index >= 15 is 0 Å². The van der Waals surface area contributed by atoms with E-state index in [9.17, 15) is 0 Å². The lowest BCUT2D eigenvalue weighted by molar-refractivity contribution is 1.37. The molecule has 0 amide bonds. The number of hydrogen-bond donors (Lipinski definition) is 0. The highest BCUT2D eigenvalue weighted by Gasteiger charge is 1.97. The van der Waals surface area contributed by atoms with E-state index in [4.69, 9.17) is 11.6 Å². The van der Waals surface area contributed by atoms with Gasteiger partial charge in [-0.25, -0.2) is 0 Å². The van der Waals surface area contributed by atoms with Gasteiger partial charge >= 0.3 is 0 Å². The molecule has 0 N–H and O–H groups in total. The van der Waals surface area contributed by atoms with Crippen LogP contribution in [0.4, 0.5) is 0 Å². The van der Waals surface area contributed by atoms with Gasteiger partial charge in [0.25, 0.3) is 0 Å². The fourth-order valence-electron chi connectivity index (χ4n) is 1.26. The number of aromatic nitrogens is 1. The zero-order chi connectivity index (χ0) is 8.55. The van der Waals surface area contributed by atoms with Crippen LogP contribution in [0.2, 0.25) is 5.02 Å². The minimum Gasteiger partial charge on any atom is -0.256 e. The van der Waals surface area contributed by atoms with Crippen LogP contribution in [-0.4, -0.2) is 4.98 Å². The van der Waals surface area contributed by atoms with E-state index in [1.54, 1.807) is 0 Å². The van der Waals surface area contributed by atoms with E-state index < -0.39 is 0 Å². The van der Waals surface area contributed by atoms with E-state index in [0.717, 1.165) is 15.9 Å². The molecule has 0 fully saturated rings. The van der Waals surface area contributed by atoms with E-state index in [2.05, 4.69) is 11.9 Å². The first-order valence-corrected chi connectivity index (χ1v) is 4.16. The summed E-state index contributed by atoms with van der Waals surface area (Å²) in [5.41, 5.74) is 2.21. The van der Waals surface area contributed by atoms with Crippen molar-refractivity contribution in [2.24, 2.45) is 0 Å². The number of benzene rings is 1. The Balaban J connectivity index is 2.88. The summed E-state index contributed by atoms with van der Waals surface area (Å²) in [7, 11) is 0. The van der Waals surface area contributed by atoms with Crippen LogP contribution >= 0.6 is 11.6 Å². The van der Waals surface area contributed by atoms with Crippen LogP contribution in [0.3, 0.4) is 0 Å². The van der Waals surface area contributed by atoms with Gasteiger partial charge in [-0.1, -0.05) is 11.6 Å². The molecule has 0 aliphatic carbocycles. The lowest BCUT2D eigenvalue weighted by Crippen LogP contribution is -1.81. The van der Waals surface area contributed by atoms with Gasteiger partial charge in [-0.15, -0.1) is 0 Å². The zero-order valence-electron chi connectivity index (χ0n) is 6.71. The van der Waals surface area contributed by atoms with Crippen LogP contribution in [0.15, 0.2) is 30.5 Å². The van der Waals surface area contributed by atoms with E-state index in [1.165, 1.54) is 5.56 Å². The van der Waals surface area contributed by atoms with Gasteiger partial charge in [0.1, 0.15) is 0 Å². The highest BCUT2D eigenvalue weighted by atomic mass is 35.5. The molecule has 0 bridgehead atoms. The molecule has 0 spiro atoms. The topological polar surface area (TPSA) is 12.9 Å². The summed E-state index contributed by atoms with van der Waals surface area (Å²) in [6, 6.07) is 7.72. The first kappa shape index (κ1) is 7.56. The summed E-state index contributed by atoms with van der Waals surface area (Å²) in [6.45, 7) is 2.06. The van der Waals surface area contributed by atoms with Crippen molar-refractivity contribution in [3.8, 4) is 0 Å². The van der Waals surface area contributed by atoms with Gasteiger partial charge < -0.3 is 0 Å². The Labute approximate surface area is 76.0 Å². The molecule has 0 aliphatic rings. The van der Waals surface area contributed by atoms with Gasteiger partial charge in [-0.3, -0.25) is 4.98 Å². The average molecular weight is 178 g/mol. The second-order valence-corrected chi connectivity index (χ2v) is 3.23. The normalized spacial score (nSPS) is 10.5. The number of fused-ring (bicyclic) bond motifs is 1. The largest absolute Gasteiger partial charge is 0.256 e. The van der Waals surface area contributed by atoms with E-state index in [-0.39, 0.29) is 0 Å². The highest BCUT2D eigenvalue weighted by molar-refractivity contribution is 6.31. The molecule has 0 saturated carbocycles. The Morgan fingerprint density at radius 2 is 2.08 bits per heavy atom. The molecule has 1 nitrogen and oxygen atoms in total. The molecular weight excluding hydrogens is 170 g/mol. The van der Waals surface area contributed by atoms with Crippen LogP contribution in [0, 0.1) is 6.92 Å². The number of aryl methyl sites for hydroxylation is 1. The molecule has 1 heterocycles. The standard InChI is InChI=1S/C10H8ClN/c1-7-4-5-12-10-3-2-8(11)6-9(7)10/h2-6H,1H3. The predicted octanol–water partition coefficient (Wildman–Crippen LogP) is 3.20. The zero-order valence-corrected chi connectivity index (χ0v) is 7.47. The Morgan fingerprint density at radius 1 is 1.25 bits per heavy atom. The highest BCUT2D eigenvalue weighted by Crippen LogP contribution is 2.19. The second-order valence-electron chi connectivity index (χ2n) is 2.79. The summed E-state index contributed by atoms with van der Waals surface area (Å²) in [6.07, 6.45) is 1.81. The Hall–Kier alpha value is -1.08. The smallest absolute Gasteiger partial charge is 0.0705 e. The number of pyridine rings is 1. The van der Waals surface area contributed by atoms with Gasteiger partial charge in [0, 0.05) is 16.6 Å². The molecular formula is C10H8ClN. The third kappa shape index (κ3) is 1.16. The van der Waals surface area contributed by atoms with Gasteiger partial charge in [0.15, 0.2) is 0 Å². The Bertz CT molecular complexity index is 423. The summed E-state index contributed by atoms with van der Waals surface area (Å²) >= 11 is 5.86. The molecule has 0 atom stereocenters. The molecule has 2 rings (SSSR count). The minimum absolute atomic E-state index is 0.763. The van der Waals surface area contributed by atoms with Crippen molar-refractivity contribution < 1.29 is 0 Å². The van der Waals surface area contributed by atoms with Crippen LogP contribution < -0.4 is 0 Å². The third-order valence-corrected chi connectivity index (χ3v) is 2.16. The van der Waals surface area contributed by atoms with Crippen molar-refractivity contribution >= 4 is 22.5 Å². The summed E-state index contributed by atoms with van der Waals surface area (Å²) in [4.78, 5) is 4.22. The lowest BCUT2D eigenvalue weighted by Gasteiger charge is -2.00. The predicted molar refractivity (Wildman–Crippen MR) is 51.5 cm³/mol. The van der Waals surface area contributed by atoms with Crippen molar-refractivity contribution in [2.75, 3.05) is 0 Å². The maximum atomic E-state index is 5.86. The quantitative estimate of drug-likeness (QED) is 0.602. The van der Waals surface area contributed by atoms with Gasteiger partial charge in [0.2, 0.25) is 0 Å². The molecule has 0 saturated heterocycles. The Kier molecular flexibility index (Phi) is 1.74. The number of nitrogens with zero attached hydrogens (tertiary/aromatic N) is 1. The fraction of sp³-hybridized carbons (Fsp3) is 0.100. The maximum Gasteiger partial charge on any atom is 0.0705 e. The van der Waals surface area contributed by atoms with Crippen molar-refractivity contribution in [1.29, 1.82) is 0 Å². The number of rotatable bonds is 0. The molecule has 1 aromatic heterocycles. The van der Waals surface area contributed by atoms with E-state index in [0.29, 0.717) is 0 Å². The van der Waals surface area contributed by atoms with Crippen LogP contribution in [0.25, 0.3) is 10.9 Å². The van der Waals surface area contributed by atoms with Crippen molar-refractivity contribution in [1.82, 2.24) is 4.98 Å². The monoisotopic (exact) mass is 177 g/mol. The van der Waals surface area contributed by atoms with Crippen molar-refractivity contribution in [3.05, 3.63) is 41.0 Å². The average Bonchev–Trinajstić information content (AvgIpc) is 2.07. The van der Waals surface area contributed by atoms with Crippen molar-refractivity contribution in [2.45, 2.75) is 6.92 Å². The summed E-state index contributed by atoms with van der Waals surface area (Å²) in [5.74, 6) is 0. The van der Waals surface area contributed by atoms with E-state index in [1.807, 2.05) is 30.5 Å². The second kappa shape index (κ2) is 2.76. The van der Waals surface area contributed by atoms with Gasteiger partial charge in [-0.2, -0.15) is 0 Å². The molecule has 12 heavy (non-hydrogen) atoms. The Morgan fingerprint density at radius 3 is 2.92 bits per heavy atom. The van der Waals surface area contributed by atoms with Crippen molar-refractivity contribution in [3.63, 3.8) is 0 Å².